The van der Waals surface area contributed by atoms with Crippen molar-refractivity contribution in [2.24, 2.45) is 0 Å². The molecule has 0 unspecified atom stereocenters. The number of allylic oxidation sites excluding steroid dienone is 1. The quantitative estimate of drug-likeness (QED) is 0.858. The molecule has 2 aromatic heterocycles. The third-order valence-corrected chi connectivity index (χ3v) is 3.24. The first-order valence-electron chi connectivity index (χ1n) is 5.72. The van der Waals surface area contributed by atoms with Crippen LogP contribution in [-0.4, -0.2) is 14.8 Å². The molecule has 0 fully saturated rings. The Morgan fingerprint density at radius 2 is 2.32 bits per heavy atom. The van der Waals surface area contributed by atoms with Gasteiger partial charge in [-0.05, 0) is 28.1 Å². The van der Waals surface area contributed by atoms with Gasteiger partial charge in [0.1, 0.15) is 4.47 Å². The molecule has 0 bridgehead atoms. The molecule has 0 aliphatic rings. The largest absolute Gasteiger partial charge is 0.377 e. The third kappa shape index (κ3) is 3.29. The minimum absolute atomic E-state index is 0.189. The van der Waals surface area contributed by atoms with Crippen LogP contribution in [0.15, 0.2) is 52.5 Å². The van der Waals surface area contributed by atoms with Gasteiger partial charge < -0.3 is 5.32 Å². The van der Waals surface area contributed by atoms with Gasteiger partial charge in [0.15, 0.2) is 0 Å². The van der Waals surface area contributed by atoms with E-state index in [9.17, 15) is 4.79 Å². The highest BCUT2D eigenvalue weighted by atomic mass is 79.9. The molecule has 0 aliphatic carbocycles. The number of pyridine rings is 1. The Labute approximate surface area is 119 Å². The highest BCUT2D eigenvalue weighted by Crippen LogP contribution is 2.16. The number of rotatable bonds is 5. The van der Waals surface area contributed by atoms with Gasteiger partial charge >= 0.3 is 0 Å². The van der Waals surface area contributed by atoms with Crippen LogP contribution < -0.4 is 10.9 Å². The summed E-state index contributed by atoms with van der Waals surface area (Å²) in [6, 6.07) is 5.68. The van der Waals surface area contributed by atoms with E-state index in [4.69, 9.17) is 0 Å². The van der Waals surface area contributed by atoms with E-state index < -0.39 is 0 Å². The van der Waals surface area contributed by atoms with E-state index in [1.807, 2.05) is 18.2 Å². The van der Waals surface area contributed by atoms with Crippen molar-refractivity contribution in [3.63, 3.8) is 0 Å². The highest BCUT2D eigenvalue weighted by Gasteiger charge is 2.07. The van der Waals surface area contributed by atoms with Crippen LogP contribution in [0.3, 0.4) is 0 Å². The number of hydrogen-bond donors (Lipinski definition) is 1. The van der Waals surface area contributed by atoms with Crippen molar-refractivity contribution in [2.75, 3.05) is 5.32 Å². The van der Waals surface area contributed by atoms with Crippen LogP contribution in [0.1, 0.15) is 5.69 Å². The highest BCUT2D eigenvalue weighted by molar-refractivity contribution is 9.10. The summed E-state index contributed by atoms with van der Waals surface area (Å²) >= 11 is 3.28. The lowest BCUT2D eigenvalue weighted by atomic mass is 10.3. The van der Waals surface area contributed by atoms with Crippen molar-refractivity contribution in [3.8, 4) is 0 Å². The van der Waals surface area contributed by atoms with Crippen LogP contribution in [0.5, 0.6) is 0 Å². The fourth-order valence-corrected chi connectivity index (χ4v) is 1.98. The topological polar surface area (TPSA) is 59.8 Å². The summed E-state index contributed by atoms with van der Waals surface area (Å²) in [7, 11) is 0. The molecular formula is C13H13BrN4O. The van der Waals surface area contributed by atoms with Gasteiger partial charge in [0.25, 0.3) is 5.56 Å². The molecule has 6 heteroatoms. The standard InChI is InChI=1S/C13H13BrN4O/c1-2-7-18-13(19)12(14)11(9-17-18)16-8-10-5-3-4-6-15-10/h2-6,9,16H,1,7-8H2. The molecular weight excluding hydrogens is 308 g/mol. The maximum absolute atomic E-state index is 11.9. The molecule has 2 heterocycles. The second kappa shape index (κ2) is 6.29. The second-order valence-electron chi connectivity index (χ2n) is 3.82. The summed E-state index contributed by atoms with van der Waals surface area (Å²) in [4.78, 5) is 16.1. The number of nitrogens with zero attached hydrogens (tertiary/aromatic N) is 3. The molecule has 98 valence electrons. The summed E-state index contributed by atoms with van der Waals surface area (Å²) in [5, 5.41) is 7.19. The Morgan fingerprint density at radius 1 is 1.47 bits per heavy atom. The van der Waals surface area contributed by atoms with Crippen molar-refractivity contribution in [3.05, 3.63) is 63.8 Å². The molecule has 5 nitrogen and oxygen atoms in total. The van der Waals surface area contributed by atoms with E-state index in [0.717, 1.165) is 5.69 Å². The van der Waals surface area contributed by atoms with Gasteiger partial charge in [-0.1, -0.05) is 12.1 Å². The summed E-state index contributed by atoms with van der Waals surface area (Å²) in [6.07, 6.45) is 4.96. The van der Waals surface area contributed by atoms with E-state index >= 15 is 0 Å². The van der Waals surface area contributed by atoms with Crippen LogP contribution in [0.4, 0.5) is 5.69 Å². The van der Waals surface area contributed by atoms with Crippen molar-refractivity contribution in [2.45, 2.75) is 13.1 Å². The van der Waals surface area contributed by atoms with Gasteiger partial charge in [0.2, 0.25) is 0 Å². The zero-order chi connectivity index (χ0) is 13.7. The average Bonchev–Trinajstić information content (AvgIpc) is 2.44. The van der Waals surface area contributed by atoms with Gasteiger partial charge in [-0.3, -0.25) is 9.78 Å². The predicted molar refractivity (Wildman–Crippen MR) is 78.0 cm³/mol. The molecule has 0 aromatic carbocycles. The smallest absolute Gasteiger partial charge is 0.283 e. The molecule has 2 aromatic rings. The van der Waals surface area contributed by atoms with Crippen molar-refractivity contribution in [1.29, 1.82) is 0 Å². The minimum atomic E-state index is -0.189. The molecule has 0 aliphatic heterocycles. The number of anilines is 1. The normalized spacial score (nSPS) is 10.2. The lowest BCUT2D eigenvalue weighted by Crippen LogP contribution is -2.23. The lowest BCUT2D eigenvalue weighted by molar-refractivity contribution is 0.649. The monoisotopic (exact) mass is 320 g/mol. The molecule has 0 spiro atoms. The first-order valence-corrected chi connectivity index (χ1v) is 6.52. The molecule has 19 heavy (non-hydrogen) atoms. The first-order chi connectivity index (χ1) is 9.22. The maximum atomic E-state index is 11.9. The molecule has 0 radical (unpaired) electrons. The van der Waals surface area contributed by atoms with Gasteiger partial charge in [-0.25, -0.2) is 4.68 Å². The minimum Gasteiger partial charge on any atom is -0.377 e. The van der Waals surface area contributed by atoms with E-state index in [0.29, 0.717) is 23.2 Å². The molecule has 0 saturated carbocycles. The Balaban J connectivity index is 2.16. The van der Waals surface area contributed by atoms with Crippen LogP contribution in [0.25, 0.3) is 0 Å². The SMILES string of the molecule is C=CCn1ncc(NCc2ccccn2)c(Br)c1=O. The zero-order valence-electron chi connectivity index (χ0n) is 10.2. The average molecular weight is 321 g/mol. The van der Waals surface area contributed by atoms with Gasteiger partial charge in [-0.15, -0.1) is 6.58 Å². The van der Waals surface area contributed by atoms with Crippen molar-refractivity contribution < 1.29 is 0 Å². The van der Waals surface area contributed by atoms with Gasteiger partial charge in [0.05, 0.1) is 30.7 Å². The molecule has 0 amide bonds. The van der Waals surface area contributed by atoms with Gasteiger partial charge in [-0.2, -0.15) is 5.10 Å². The van der Waals surface area contributed by atoms with Crippen molar-refractivity contribution in [1.82, 2.24) is 14.8 Å². The Kier molecular flexibility index (Phi) is 4.46. The molecule has 2 rings (SSSR count). The number of hydrogen-bond acceptors (Lipinski definition) is 4. The van der Waals surface area contributed by atoms with Crippen LogP contribution in [0, 0.1) is 0 Å². The zero-order valence-corrected chi connectivity index (χ0v) is 11.8. The van der Waals surface area contributed by atoms with E-state index in [-0.39, 0.29) is 5.56 Å². The molecule has 1 N–H and O–H groups in total. The molecule has 0 atom stereocenters. The second-order valence-corrected chi connectivity index (χ2v) is 4.62. The molecule has 0 saturated heterocycles. The maximum Gasteiger partial charge on any atom is 0.283 e. The summed E-state index contributed by atoms with van der Waals surface area (Å²) < 4.78 is 1.79. The summed E-state index contributed by atoms with van der Waals surface area (Å²) in [5.41, 5.74) is 1.35. The Hall–Kier alpha value is -1.95. The predicted octanol–water partition coefficient (Wildman–Crippen LogP) is 2.20. The van der Waals surface area contributed by atoms with Crippen LogP contribution >= 0.6 is 15.9 Å². The fraction of sp³-hybridized carbons (Fsp3) is 0.154. The van der Waals surface area contributed by atoms with Gasteiger partial charge in [0, 0.05) is 6.20 Å². The Morgan fingerprint density at radius 3 is 3.00 bits per heavy atom. The summed E-state index contributed by atoms with van der Waals surface area (Å²) in [6.45, 7) is 4.51. The number of aromatic nitrogens is 3. The first kappa shape index (κ1) is 13.5. The van der Waals surface area contributed by atoms with E-state index in [1.54, 1.807) is 18.5 Å². The number of halogens is 1. The fourth-order valence-electron chi connectivity index (χ4n) is 1.53. The van der Waals surface area contributed by atoms with E-state index in [1.165, 1.54) is 4.68 Å². The number of nitrogens with one attached hydrogen (secondary N) is 1. The third-order valence-electron chi connectivity index (χ3n) is 2.47. The van der Waals surface area contributed by atoms with Crippen molar-refractivity contribution >= 4 is 21.6 Å². The van der Waals surface area contributed by atoms with Crippen LogP contribution in [-0.2, 0) is 13.1 Å². The summed E-state index contributed by atoms with van der Waals surface area (Å²) in [5.74, 6) is 0. The van der Waals surface area contributed by atoms with Crippen LogP contribution in [0.2, 0.25) is 0 Å². The Bertz CT molecular complexity index is 624. The van der Waals surface area contributed by atoms with E-state index in [2.05, 4.69) is 37.9 Å². The lowest BCUT2D eigenvalue weighted by Gasteiger charge is -2.09.